The molecule has 0 saturated carbocycles. The Bertz CT molecular complexity index is 785. The lowest BCUT2D eigenvalue weighted by atomic mass is 10.1. The van der Waals surface area contributed by atoms with Crippen LogP contribution in [0, 0.1) is 5.92 Å². The minimum atomic E-state index is -2.99. The molecule has 2 heterocycles. The normalized spacial score (nSPS) is 17.2. The van der Waals surface area contributed by atoms with E-state index in [1.807, 2.05) is 0 Å². The van der Waals surface area contributed by atoms with E-state index in [0.29, 0.717) is 11.4 Å². The first kappa shape index (κ1) is 17.2. The van der Waals surface area contributed by atoms with E-state index in [0.717, 1.165) is 0 Å². The summed E-state index contributed by atoms with van der Waals surface area (Å²) in [4.78, 5) is 25.9. The summed E-state index contributed by atoms with van der Waals surface area (Å²) >= 11 is 5.85. The maximum atomic E-state index is 12.3. The molecule has 132 valence electrons. The molecular formula is C15H13ClF2N4O3. The number of nitrogens with zero attached hydrogens (tertiary/aromatic N) is 2. The first-order valence-electron chi connectivity index (χ1n) is 7.28. The second-order valence-electron chi connectivity index (χ2n) is 5.37. The van der Waals surface area contributed by atoms with Crippen LogP contribution in [0.2, 0.25) is 5.02 Å². The summed E-state index contributed by atoms with van der Waals surface area (Å²) in [5.74, 6) is -1.27. The average molecular weight is 371 g/mol. The number of nitrogens with one attached hydrogen (secondary N) is 2. The van der Waals surface area contributed by atoms with Crippen molar-refractivity contribution in [2.45, 2.75) is 13.0 Å². The number of anilines is 2. The maximum absolute atomic E-state index is 12.3. The van der Waals surface area contributed by atoms with E-state index in [9.17, 15) is 18.4 Å². The minimum absolute atomic E-state index is 0.0550. The van der Waals surface area contributed by atoms with Crippen molar-refractivity contribution in [3.05, 3.63) is 35.6 Å². The molecule has 2 amide bonds. The molecule has 1 unspecified atom stereocenters. The van der Waals surface area contributed by atoms with Crippen LogP contribution in [-0.4, -0.2) is 35.2 Å². The monoisotopic (exact) mass is 370 g/mol. The van der Waals surface area contributed by atoms with E-state index in [1.54, 1.807) is 6.20 Å². The van der Waals surface area contributed by atoms with Crippen molar-refractivity contribution in [1.29, 1.82) is 0 Å². The molecule has 1 atom stereocenters. The topological polar surface area (TPSA) is 87.3 Å². The molecule has 0 bridgehead atoms. The van der Waals surface area contributed by atoms with E-state index in [1.165, 1.54) is 29.3 Å². The number of aromatic nitrogens is 2. The Morgan fingerprint density at radius 1 is 1.48 bits per heavy atom. The largest absolute Gasteiger partial charge is 0.433 e. The summed E-state index contributed by atoms with van der Waals surface area (Å²) in [6, 6.07) is 3.94. The zero-order valence-electron chi connectivity index (χ0n) is 12.7. The molecule has 0 aliphatic carbocycles. The zero-order chi connectivity index (χ0) is 18.0. The fraction of sp³-hybridized carbons (Fsp3) is 0.267. The molecule has 3 rings (SSSR count). The SMILES string of the molecule is O=C(Nc1ccc(OC(F)F)c(Cl)c1)C1CC(=O)N(c2cn[nH]c2)C1. The van der Waals surface area contributed by atoms with Crippen LogP contribution in [-0.2, 0) is 9.59 Å². The highest BCUT2D eigenvalue weighted by Crippen LogP contribution is 2.30. The van der Waals surface area contributed by atoms with Gasteiger partial charge >= 0.3 is 6.61 Å². The molecular weight excluding hydrogens is 358 g/mol. The summed E-state index contributed by atoms with van der Waals surface area (Å²) in [6.45, 7) is -2.76. The van der Waals surface area contributed by atoms with Gasteiger partial charge in [0, 0.05) is 24.8 Å². The first-order chi connectivity index (χ1) is 11.9. The average Bonchev–Trinajstić information content (AvgIpc) is 3.18. The number of amides is 2. The highest BCUT2D eigenvalue weighted by Gasteiger charge is 2.35. The summed E-state index contributed by atoms with van der Waals surface area (Å²) in [5.41, 5.74) is 0.919. The number of benzene rings is 1. The van der Waals surface area contributed by atoms with Gasteiger partial charge in [-0.25, -0.2) is 0 Å². The maximum Gasteiger partial charge on any atom is 0.387 e. The van der Waals surface area contributed by atoms with Crippen LogP contribution >= 0.6 is 11.6 Å². The standard InChI is InChI=1S/C15H13ClF2N4O3/c16-11-4-9(1-2-12(11)25-15(17)18)21-14(24)8-3-13(23)22(7-8)10-5-19-20-6-10/h1-2,4-6,8,15H,3,7H2,(H,19,20)(H,21,24). The van der Waals surface area contributed by atoms with Crippen molar-refractivity contribution in [3.8, 4) is 5.75 Å². The molecule has 1 aliphatic heterocycles. The molecule has 0 spiro atoms. The first-order valence-corrected chi connectivity index (χ1v) is 7.66. The Morgan fingerprint density at radius 2 is 2.28 bits per heavy atom. The zero-order valence-corrected chi connectivity index (χ0v) is 13.5. The Hall–Kier alpha value is -2.68. The van der Waals surface area contributed by atoms with Crippen molar-refractivity contribution in [2.75, 3.05) is 16.8 Å². The van der Waals surface area contributed by atoms with Gasteiger partial charge in [-0.2, -0.15) is 13.9 Å². The summed E-state index contributed by atoms with van der Waals surface area (Å²) in [7, 11) is 0. The number of carbonyl (C=O) groups is 2. The van der Waals surface area contributed by atoms with Crippen LogP contribution in [0.3, 0.4) is 0 Å². The third kappa shape index (κ3) is 3.87. The van der Waals surface area contributed by atoms with Crippen molar-refractivity contribution in [1.82, 2.24) is 10.2 Å². The van der Waals surface area contributed by atoms with Crippen LogP contribution in [0.4, 0.5) is 20.2 Å². The van der Waals surface area contributed by atoms with Crippen LogP contribution in [0.5, 0.6) is 5.75 Å². The lowest BCUT2D eigenvalue weighted by Crippen LogP contribution is -2.27. The third-order valence-electron chi connectivity index (χ3n) is 3.71. The van der Waals surface area contributed by atoms with Gasteiger partial charge in [0.1, 0.15) is 5.75 Å². The summed E-state index contributed by atoms with van der Waals surface area (Å²) in [5, 5.41) is 8.96. The second kappa shape index (κ2) is 7.06. The lowest BCUT2D eigenvalue weighted by molar-refractivity contribution is -0.122. The van der Waals surface area contributed by atoms with Gasteiger partial charge in [0.15, 0.2) is 0 Å². The van der Waals surface area contributed by atoms with E-state index in [4.69, 9.17) is 11.6 Å². The van der Waals surface area contributed by atoms with Gasteiger partial charge < -0.3 is 15.0 Å². The molecule has 7 nitrogen and oxygen atoms in total. The predicted octanol–water partition coefficient (Wildman–Crippen LogP) is 2.66. The van der Waals surface area contributed by atoms with Gasteiger partial charge in [0.25, 0.3) is 0 Å². The van der Waals surface area contributed by atoms with Crippen LogP contribution in [0.25, 0.3) is 0 Å². The van der Waals surface area contributed by atoms with Crippen LogP contribution < -0.4 is 15.0 Å². The minimum Gasteiger partial charge on any atom is -0.433 e. The lowest BCUT2D eigenvalue weighted by Gasteiger charge is -2.14. The number of hydrogen-bond acceptors (Lipinski definition) is 4. The van der Waals surface area contributed by atoms with Crippen molar-refractivity contribution in [2.24, 2.45) is 5.92 Å². The second-order valence-corrected chi connectivity index (χ2v) is 5.78. The number of rotatable bonds is 5. The van der Waals surface area contributed by atoms with Crippen LogP contribution in [0.15, 0.2) is 30.6 Å². The van der Waals surface area contributed by atoms with Gasteiger partial charge in [0.05, 0.1) is 22.8 Å². The van der Waals surface area contributed by atoms with E-state index >= 15 is 0 Å². The number of ether oxygens (including phenoxy) is 1. The number of carbonyl (C=O) groups excluding carboxylic acids is 2. The smallest absolute Gasteiger partial charge is 0.387 e. The molecule has 0 radical (unpaired) electrons. The van der Waals surface area contributed by atoms with Crippen molar-refractivity contribution < 1.29 is 23.1 Å². The molecule has 1 fully saturated rings. The van der Waals surface area contributed by atoms with E-state index in [2.05, 4.69) is 20.3 Å². The number of halogens is 3. The fourth-order valence-electron chi connectivity index (χ4n) is 2.54. The van der Waals surface area contributed by atoms with Gasteiger partial charge in [0.2, 0.25) is 11.8 Å². The predicted molar refractivity (Wildman–Crippen MR) is 85.8 cm³/mol. The molecule has 1 aromatic heterocycles. The van der Waals surface area contributed by atoms with E-state index < -0.39 is 12.5 Å². The van der Waals surface area contributed by atoms with Crippen molar-refractivity contribution in [3.63, 3.8) is 0 Å². The Balaban J connectivity index is 1.65. The molecule has 2 aromatic rings. The highest BCUT2D eigenvalue weighted by atomic mass is 35.5. The quantitative estimate of drug-likeness (QED) is 0.847. The fourth-order valence-corrected chi connectivity index (χ4v) is 2.76. The number of hydrogen-bond donors (Lipinski definition) is 2. The van der Waals surface area contributed by atoms with Crippen LogP contribution in [0.1, 0.15) is 6.42 Å². The highest BCUT2D eigenvalue weighted by molar-refractivity contribution is 6.32. The number of aromatic amines is 1. The molecule has 25 heavy (non-hydrogen) atoms. The van der Waals surface area contributed by atoms with Gasteiger partial charge in [-0.05, 0) is 18.2 Å². The van der Waals surface area contributed by atoms with Gasteiger partial charge in [-0.15, -0.1) is 0 Å². The Kier molecular flexibility index (Phi) is 4.84. The molecule has 10 heteroatoms. The Labute approximate surface area is 145 Å². The molecule has 1 aliphatic rings. The molecule has 2 N–H and O–H groups in total. The number of H-pyrrole nitrogens is 1. The van der Waals surface area contributed by atoms with Gasteiger partial charge in [-0.1, -0.05) is 11.6 Å². The molecule has 1 aromatic carbocycles. The summed E-state index contributed by atoms with van der Waals surface area (Å²) < 4.78 is 28.7. The summed E-state index contributed by atoms with van der Waals surface area (Å²) in [6.07, 6.45) is 3.14. The number of alkyl halides is 2. The molecule has 1 saturated heterocycles. The van der Waals surface area contributed by atoms with Crippen molar-refractivity contribution >= 4 is 34.8 Å². The van der Waals surface area contributed by atoms with Gasteiger partial charge in [-0.3, -0.25) is 14.7 Å². The Morgan fingerprint density at radius 3 is 2.92 bits per heavy atom. The third-order valence-corrected chi connectivity index (χ3v) is 4.00. The van der Waals surface area contributed by atoms with E-state index in [-0.39, 0.29) is 35.6 Å².